The topological polar surface area (TPSA) is 97.5 Å². The second-order valence-corrected chi connectivity index (χ2v) is 6.86. The molecule has 0 radical (unpaired) electrons. The Labute approximate surface area is 153 Å². The summed E-state index contributed by atoms with van der Waals surface area (Å²) in [7, 11) is 0. The molecule has 26 heavy (non-hydrogen) atoms. The molecule has 1 saturated carbocycles. The second kappa shape index (κ2) is 8.87. The first-order chi connectivity index (χ1) is 12.3. The van der Waals surface area contributed by atoms with Crippen molar-refractivity contribution in [2.45, 2.75) is 59.4 Å². The Balaban J connectivity index is 1.94. The fourth-order valence-corrected chi connectivity index (χ4v) is 3.45. The van der Waals surface area contributed by atoms with Gasteiger partial charge in [-0.1, -0.05) is 19.8 Å². The molecule has 1 amide bonds. The molecule has 2 N–H and O–H groups in total. The SMILES string of the molecule is CCOC(=O)c1c(C)[nH]c(C(=O)OCC(=O)N[C@H]2CCCC[C@@H]2C)c1C. The summed E-state index contributed by atoms with van der Waals surface area (Å²) >= 11 is 0. The third-order valence-corrected chi connectivity index (χ3v) is 4.91. The van der Waals surface area contributed by atoms with Crippen LogP contribution in [0.4, 0.5) is 0 Å². The Morgan fingerprint density at radius 1 is 1.12 bits per heavy atom. The molecule has 1 aromatic rings. The highest BCUT2D eigenvalue weighted by Crippen LogP contribution is 2.23. The summed E-state index contributed by atoms with van der Waals surface area (Å²) in [6, 6.07) is 0.139. The summed E-state index contributed by atoms with van der Waals surface area (Å²) in [5, 5.41) is 2.94. The van der Waals surface area contributed by atoms with Crippen molar-refractivity contribution in [3.63, 3.8) is 0 Å². The number of hydrogen-bond donors (Lipinski definition) is 2. The minimum atomic E-state index is -0.659. The maximum Gasteiger partial charge on any atom is 0.355 e. The van der Waals surface area contributed by atoms with Crippen LogP contribution >= 0.6 is 0 Å². The minimum Gasteiger partial charge on any atom is -0.462 e. The first-order valence-corrected chi connectivity index (χ1v) is 9.17. The summed E-state index contributed by atoms with van der Waals surface area (Å²) in [6.07, 6.45) is 4.35. The quantitative estimate of drug-likeness (QED) is 0.756. The van der Waals surface area contributed by atoms with Crippen molar-refractivity contribution >= 4 is 17.8 Å². The average molecular weight is 364 g/mol. The van der Waals surface area contributed by atoms with Gasteiger partial charge in [0.2, 0.25) is 0 Å². The van der Waals surface area contributed by atoms with Gasteiger partial charge in [-0.15, -0.1) is 0 Å². The van der Waals surface area contributed by atoms with Crippen LogP contribution in [0.25, 0.3) is 0 Å². The van der Waals surface area contributed by atoms with E-state index in [9.17, 15) is 14.4 Å². The van der Waals surface area contributed by atoms with Crippen molar-refractivity contribution < 1.29 is 23.9 Å². The first kappa shape index (κ1) is 20.0. The Kier molecular flexibility index (Phi) is 6.83. The van der Waals surface area contributed by atoms with Crippen molar-refractivity contribution in [2.24, 2.45) is 5.92 Å². The van der Waals surface area contributed by atoms with E-state index in [1.807, 2.05) is 0 Å². The van der Waals surface area contributed by atoms with Crippen molar-refractivity contribution in [1.82, 2.24) is 10.3 Å². The van der Waals surface area contributed by atoms with E-state index in [1.165, 1.54) is 6.42 Å². The number of aromatic amines is 1. The minimum absolute atomic E-state index is 0.139. The van der Waals surface area contributed by atoms with Crippen molar-refractivity contribution in [3.8, 4) is 0 Å². The molecule has 144 valence electrons. The Bertz CT molecular complexity index is 680. The molecule has 0 spiro atoms. The number of nitrogens with one attached hydrogen (secondary N) is 2. The van der Waals surface area contributed by atoms with Crippen molar-refractivity contribution in [2.75, 3.05) is 13.2 Å². The van der Waals surface area contributed by atoms with Crippen LogP contribution in [-0.4, -0.2) is 42.1 Å². The molecule has 1 aliphatic carbocycles. The predicted octanol–water partition coefficient (Wildman–Crippen LogP) is 2.66. The highest BCUT2D eigenvalue weighted by Gasteiger charge is 2.26. The van der Waals surface area contributed by atoms with E-state index >= 15 is 0 Å². The van der Waals surface area contributed by atoms with Gasteiger partial charge in [-0.2, -0.15) is 0 Å². The standard InChI is InChI=1S/C19H28N2O5/c1-5-25-18(23)16-12(3)17(20-13(16)4)19(24)26-10-15(22)21-14-9-7-6-8-11(14)2/h11,14,20H,5-10H2,1-4H3,(H,21,22)/t11-,14-/m0/s1. The summed E-state index contributed by atoms with van der Waals surface area (Å²) in [5.41, 5.74) is 1.50. The van der Waals surface area contributed by atoms with E-state index in [0.717, 1.165) is 19.3 Å². The van der Waals surface area contributed by atoms with E-state index in [4.69, 9.17) is 9.47 Å². The van der Waals surface area contributed by atoms with Gasteiger partial charge in [0.1, 0.15) is 5.69 Å². The van der Waals surface area contributed by atoms with Gasteiger partial charge in [0.25, 0.3) is 5.91 Å². The predicted molar refractivity (Wildman–Crippen MR) is 96.1 cm³/mol. The van der Waals surface area contributed by atoms with E-state index in [2.05, 4.69) is 17.2 Å². The molecular weight excluding hydrogens is 336 g/mol. The normalized spacial score (nSPS) is 19.7. The van der Waals surface area contributed by atoms with Crippen LogP contribution in [0.15, 0.2) is 0 Å². The lowest BCUT2D eigenvalue weighted by molar-refractivity contribution is -0.125. The molecule has 1 aromatic heterocycles. The Morgan fingerprint density at radius 3 is 2.46 bits per heavy atom. The maximum absolute atomic E-state index is 12.3. The zero-order valence-electron chi connectivity index (χ0n) is 15.9. The van der Waals surface area contributed by atoms with E-state index in [-0.39, 0.29) is 30.9 Å². The molecule has 2 rings (SSSR count). The maximum atomic E-state index is 12.3. The number of aryl methyl sites for hydroxylation is 1. The van der Waals surface area contributed by atoms with Crippen LogP contribution in [0, 0.1) is 19.8 Å². The van der Waals surface area contributed by atoms with Crippen molar-refractivity contribution in [3.05, 3.63) is 22.5 Å². The van der Waals surface area contributed by atoms with E-state index in [0.29, 0.717) is 22.7 Å². The van der Waals surface area contributed by atoms with Gasteiger partial charge in [0.15, 0.2) is 6.61 Å². The smallest absolute Gasteiger partial charge is 0.355 e. The lowest BCUT2D eigenvalue weighted by Gasteiger charge is -2.29. The van der Waals surface area contributed by atoms with Gasteiger partial charge in [-0.05, 0) is 45.1 Å². The lowest BCUT2D eigenvalue weighted by atomic mass is 9.86. The molecule has 7 heteroatoms. The summed E-state index contributed by atoms with van der Waals surface area (Å²) in [4.78, 5) is 39.2. The van der Waals surface area contributed by atoms with E-state index < -0.39 is 11.9 Å². The molecule has 7 nitrogen and oxygen atoms in total. The Hall–Kier alpha value is -2.31. The van der Waals surface area contributed by atoms with Gasteiger partial charge in [0, 0.05) is 11.7 Å². The number of ether oxygens (including phenoxy) is 2. The molecule has 2 atom stereocenters. The molecule has 0 bridgehead atoms. The Morgan fingerprint density at radius 2 is 1.81 bits per heavy atom. The number of aromatic nitrogens is 1. The molecule has 0 saturated heterocycles. The largest absolute Gasteiger partial charge is 0.462 e. The number of carbonyl (C=O) groups excluding carboxylic acids is 3. The number of esters is 2. The highest BCUT2D eigenvalue weighted by molar-refractivity contribution is 5.99. The van der Waals surface area contributed by atoms with Crippen LogP contribution in [0.2, 0.25) is 0 Å². The summed E-state index contributed by atoms with van der Waals surface area (Å²) in [5.74, 6) is -1.01. The first-order valence-electron chi connectivity index (χ1n) is 9.17. The molecule has 1 aliphatic rings. The number of rotatable bonds is 6. The second-order valence-electron chi connectivity index (χ2n) is 6.86. The van der Waals surface area contributed by atoms with Crippen LogP contribution < -0.4 is 5.32 Å². The van der Waals surface area contributed by atoms with Gasteiger partial charge in [0.05, 0.1) is 12.2 Å². The summed E-state index contributed by atoms with van der Waals surface area (Å²) < 4.78 is 10.1. The van der Waals surface area contributed by atoms with Gasteiger partial charge in [-0.25, -0.2) is 9.59 Å². The van der Waals surface area contributed by atoms with Crippen LogP contribution in [0.3, 0.4) is 0 Å². The van der Waals surface area contributed by atoms with Gasteiger partial charge < -0.3 is 19.8 Å². The number of H-pyrrole nitrogens is 1. The van der Waals surface area contributed by atoms with Crippen LogP contribution in [0.5, 0.6) is 0 Å². The monoisotopic (exact) mass is 364 g/mol. The molecule has 0 unspecified atom stereocenters. The molecule has 1 fully saturated rings. The fraction of sp³-hybridized carbons (Fsp3) is 0.632. The molecule has 0 aromatic carbocycles. The van der Waals surface area contributed by atoms with Gasteiger partial charge >= 0.3 is 11.9 Å². The number of carbonyl (C=O) groups is 3. The zero-order valence-corrected chi connectivity index (χ0v) is 15.9. The third kappa shape index (κ3) is 4.65. The number of amides is 1. The average Bonchev–Trinajstić information content (AvgIpc) is 2.89. The zero-order chi connectivity index (χ0) is 19.3. The highest BCUT2D eigenvalue weighted by atomic mass is 16.5. The molecule has 1 heterocycles. The molecular formula is C19H28N2O5. The third-order valence-electron chi connectivity index (χ3n) is 4.91. The van der Waals surface area contributed by atoms with E-state index in [1.54, 1.807) is 20.8 Å². The fourth-order valence-electron chi connectivity index (χ4n) is 3.45. The number of hydrogen-bond acceptors (Lipinski definition) is 5. The van der Waals surface area contributed by atoms with Gasteiger partial charge in [-0.3, -0.25) is 4.79 Å². The van der Waals surface area contributed by atoms with Crippen LogP contribution in [-0.2, 0) is 14.3 Å². The van der Waals surface area contributed by atoms with Crippen LogP contribution in [0.1, 0.15) is 71.6 Å². The van der Waals surface area contributed by atoms with Crippen molar-refractivity contribution in [1.29, 1.82) is 0 Å². The summed E-state index contributed by atoms with van der Waals surface area (Å²) in [6.45, 7) is 7.09. The lowest BCUT2D eigenvalue weighted by Crippen LogP contribution is -2.42. The molecule has 0 aliphatic heterocycles.